The van der Waals surface area contributed by atoms with Crippen LogP contribution in [-0.4, -0.2) is 36.4 Å². The summed E-state index contributed by atoms with van der Waals surface area (Å²) in [5.74, 6) is 0.989. The van der Waals surface area contributed by atoms with Crippen LogP contribution in [0.15, 0.2) is 28.8 Å². The summed E-state index contributed by atoms with van der Waals surface area (Å²) in [4.78, 5) is 6.37. The molecule has 0 amide bonds. The number of hydrogen-bond donors (Lipinski definition) is 0. The van der Waals surface area contributed by atoms with Crippen molar-refractivity contribution in [2.45, 2.75) is 32.5 Å². The molecule has 1 aliphatic rings. The number of anilines is 1. The zero-order chi connectivity index (χ0) is 17.1. The summed E-state index contributed by atoms with van der Waals surface area (Å²) in [5.41, 5.74) is 0.880. The Hall–Kier alpha value is -2.22. The standard InChI is InChI=1S/C16H19F2N3O3/c1-10(2)14-19-16(24-20-14)21-7-8-22-13(9-21)11-3-5-12(6-4-11)23-15(17)18/h3-6,10,13,15H,7-9H2,1-2H3/t13-/m0/s1. The Morgan fingerprint density at radius 1 is 1.25 bits per heavy atom. The highest BCUT2D eigenvalue weighted by atomic mass is 19.3. The molecule has 0 unspecified atom stereocenters. The molecule has 6 nitrogen and oxygen atoms in total. The maximum absolute atomic E-state index is 12.2. The highest BCUT2D eigenvalue weighted by molar-refractivity contribution is 5.32. The van der Waals surface area contributed by atoms with E-state index in [2.05, 4.69) is 14.9 Å². The van der Waals surface area contributed by atoms with Crippen molar-refractivity contribution < 1.29 is 22.8 Å². The fraction of sp³-hybridized carbons (Fsp3) is 0.500. The molecule has 1 aromatic carbocycles. The number of benzene rings is 1. The lowest BCUT2D eigenvalue weighted by Gasteiger charge is -2.31. The Kier molecular flexibility index (Phi) is 4.94. The summed E-state index contributed by atoms with van der Waals surface area (Å²) in [7, 11) is 0. The van der Waals surface area contributed by atoms with E-state index in [4.69, 9.17) is 9.26 Å². The van der Waals surface area contributed by atoms with Crippen molar-refractivity contribution >= 4 is 6.01 Å². The highest BCUT2D eigenvalue weighted by Crippen LogP contribution is 2.27. The molecule has 0 bridgehead atoms. The molecule has 1 aliphatic heterocycles. The van der Waals surface area contributed by atoms with E-state index in [0.717, 1.165) is 5.56 Å². The number of aromatic nitrogens is 2. The average molecular weight is 339 g/mol. The molecule has 1 saturated heterocycles. The van der Waals surface area contributed by atoms with Crippen LogP contribution in [0.3, 0.4) is 0 Å². The van der Waals surface area contributed by atoms with Crippen LogP contribution in [0.1, 0.15) is 37.3 Å². The van der Waals surface area contributed by atoms with Crippen molar-refractivity contribution in [2.75, 3.05) is 24.6 Å². The Balaban J connectivity index is 1.68. The fourth-order valence-corrected chi connectivity index (χ4v) is 2.48. The first-order valence-electron chi connectivity index (χ1n) is 7.78. The fourth-order valence-electron chi connectivity index (χ4n) is 2.48. The van der Waals surface area contributed by atoms with Gasteiger partial charge in [-0.15, -0.1) is 0 Å². The topological polar surface area (TPSA) is 60.6 Å². The van der Waals surface area contributed by atoms with E-state index >= 15 is 0 Å². The second kappa shape index (κ2) is 7.12. The van der Waals surface area contributed by atoms with Crippen molar-refractivity contribution in [2.24, 2.45) is 0 Å². The highest BCUT2D eigenvalue weighted by Gasteiger charge is 2.26. The maximum atomic E-state index is 12.2. The minimum Gasteiger partial charge on any atom is -0.435 e. The van der Waals surface area contributed by atoms with E-state index in [-0.39, 0.29) is 17.8 Å². The summed E-state index contributed by atoms with van der Waals surface area (Å²) >= 11 is 0. The number of rotatable bonds is 5. The zero-order valence-electron chi connectivity index (χ0n) is 13.5. The molecule has 24 heavy (non-hydrogen) atoms. The SMILES string of the molecule is CC(C)c1noc(N2CCO[C@H](c3ccc(OC(F)F)cc3)C2)n1. The first kappa shape index (κ1) is 16.6. The second-order valence-electron chi connectivity index (χ2n) is 5.84. The number of halogens is 2. The van der Waals surface area contributed by atoms with Crippen LogP contribution in [0.2, 0.25) is 0 Å². The minimum absolute atomic E-state index is 0.125. The van der Waals surface area contributed by atoms with Crippen molar-refractivity contribution in [3.05, 3.63) is 35.7 Å². The predicted octanol–water partition coefficient (Wildman–Crippen LogP) is 3.37. The van der Waals surface area contributed by atoms with E-state index in [1.165, 1.54) is 12.1 Å². The normalized spacial score (nSPS) is 18.4. The van der Waals surface area contributed by atoms with Gasteiger partial charge in [0.1, 0.15) is 11.9 Å². The van der Waals surface area contributed by atoms with Crippen molar-refractivity contribution in [3.8, 4) is 5.75 Å². The van der Waals surface area contributed by atoms with Gasteiger partial charge in [-0.25, -0.2) is 0 Å². The first-order valence-corrected chi connectivity index (χ1v) is 7.78. The van der Waals surface area contributed by atoms with Crippen LogP contribution in [-0.2, 0) is 4.74 Å². The molecule has 1 atom stereocenters. The molecule has 130 valence electrons. The largest absolute Gasteiger partial charge is 0.435 e. The van der Waals surface area contributed by atoms with Gasteiger partial charge in [-0.05, 0) is 17.7 Å². The minimum atomic E-state index is -2.83. The third-order valence-electron chi connectivity index (χ3n) is 3.76. The Bertz CT molecular complexity index is 661. The molecule has 0 aliphatic carbocycles. The van der Waals surface area contributed by atoms with E-state index < -0.39 is 6.61 Å². The van der Waals surface area contributed by atoms with Gasteiger partial charge in [0.15, 0.2) is 5.82 Å². The van der Waals surface area contributed by atoms with Crippen molar-refractivity contribution in [1.82, 2.24) is 10.1 Å². The van der Waals surface area contributed by atoms with Crippen molar-refractivity contribution in [1.29, 1.82) is 0 Å². The van der Waals surface area contributed by atoms with E-state index in [9.17, 15) is 8.78 Å². The first-order chi connectivity index (χ1) is 11.5. The smallest absolute Gasteiger partial charge is 0.387 e. The average Bonchev–Trinajstić information content (AvgIpc) is 3.05. The molecular weight excluding hydrogens is 320 g/mol. The lowest BCUT2D eigenvalue weighted by atomic mass is 10.1. The quantitative estimate of drug-likeness (QED) is 0.832. The zero-order valence-corrected chi connectivity index (χ0v) is 13.5. The van der Waals surface area contributed by atoms with Crippen LogP contribution in [0, 0.1) is 0 Å². The number of alkyl halides is 2. The van der Waals surface area contributed by atoms with Gasteiger partial charge >= 0.3 is 12.6 Å². The summed E-state index contributed by atoms with van der Waals surface area (Å²) in [6.45, 7) is 2.89. The van der Waals surface area contributed by atoms with E-state index in [0.29, 0.717) is 31.5 Å². The van der Waals surface area contributed by atoms with Gasteiger partial charge in [-0.2, -0.15) is 13.8 Å². The van der Waals surface area contributed by atoms with Crippen LogP contribution in [0.5, 0.6) is 5.75 Å². The molecule has 0 N–H and O–H groups in total. The second-order valence-corrected chi connectivity index (χ2v) is 5.84. The molecule has 1 fully saturated rings. The molecule has 0 saturated carbocycles. The van der Waals surface area contributed by atoms with Crippen molar-refractivity contribution in [3.63, 3.8) is 0 Å². The Labute approximate surface area is 138 Å². The number of ether oxygens (including phenoxy) is 2. The molecule has 2 heterocycles. The van der Waals surface area contributed by atoms with E-state index in [1.807, 2.05) is 18.7 Å². The summed E-state index contributed by atoms with van der Waals surface area (Å²) in [6.07, 6.45) is -0.200. The molecular formula is C16H19F2N3O3. The lowest BCUT2D eigenvalue weighted by molar-refractivity contribution is -0.0498. The monoisotopic (exact) mass is 339 g/mol. The Morgan fingerprint density at radius 2 is 2.00 bits per heavy atom. The van der Waals surface area contributed by atoms with E-state index in [1.54, 1.807) is 12.1 Å². The molecule has 0 radical (unpaired) electrons. The van der Waals surface area contributed by atoms with Gasteiger partial charge in [-0.1, -0.05) is 31.1 Å². The molecule has 1 aromatic heterocycles. The molecule has 8 heteroatoms. The third-order valence-corrected chi connectivity index (χ3v) is 3.76. The maximum Gasteiger partial charge on any atom is 0.387 e. The Morgan fingerprint density at radius 3 is 2.62 bits per heavy atom. The molecule has 0 spiro atoms. The van der Waals surface area contributed by atoms with Crippen LogP contribution in [0.4, 0.5) is 14.8 Å². The van der Waals surface area contributed by atoms with Gasteiger partial charge in [0.05, 0.1) is 13.2 Å². The van der Waals surface area contributed by atoms with Crippen LogP contribution >= 0.6 is 0 Å². The molecule has 3 rings (SSSR count). The number of morpholine rings is 1. The van der Waals surface area contributed by atoms with Gasteiger partial charge in [0.25, 0.3) is 0 Å². The third kappa shape index (κ3) is 3.81. The van der Waals surface area contributed by atoms with Gasteiger partial charge in [0.2, 0.25) is 0 Å². The van der Waals surface area contributed by atoms with Gasteiger partial charge in [-0.3, -0.25) is 0 Å². The van der Waals surface area contributed by atoms with Gasteiger partial charge < -0.3 is 18.9 Å². The predicted molar refractivity (Wildman–Crippen MR) is 82.4 cm³/mol. The lowest BCUT2D eigenvalue weighted by Crippen LogP contribution is -2.38. The van der Waals surface area contributed by atoms with Crippen LogP contribution < -0.4 is 9.64 Å². The number of hydrogen-bond acceptors (Lipinski definition) is 6. The summed E-state index contributed by atoms with van der Waals surface area (Å²) in [5, 5.41) is 3.97. The number of nitrogens with zero attached hydrogens (tertiary/aromatic N) is 3. The molecule has 2 aromatic rings. The summed E-state index contributed by atoms with van der Waals surface area (Å²) in [6, 6.07) is 6.93. The summed E-state index contributed by atoms with van der Waals surface area (Å²) < 4.78 is 39.8. The van der Waals surface area contributed by atoms with Crippen LogP contribution in [0.25, 0.3) is 0 Å². The van der Waals surface area contributed by atoms with Gasteiger partial charge in [0, 0.05) is 12.5 Å².